The average Bonchev–Trinajstić information content (AvgIpc) is 3.13. The van der Waals surface area contributed by atoms with Crippen molar-refractivity contribution >= 4 is 45.1 Å². The SMILES string of the molecule is C=CC(/C=C/c1ccc(N(C)CCCN(C)C)cc1)=C\CNCCSSCC[n+]1ccc(/C=C/Cc2ccc(N(C)CCCN(C)C)cc2)cc1. The maximum absolute atomic E-state index is 4.00. The Bertz CT molecular complexity index is 1460. The molecule has 276 valence electrons. The summed E-state index contributed by atoms with van der Waals surface area (Å²) in [6.45, 7) is 11.2. The Morgan fingerprint density at radius 3 is 1.86 bits per heavy atom. The van der Waals surface area contributed by atoms with Crippen LogP contribution in [0.25, 0.3) is 12.2 Å². The molecule has 1 heterocycles. The minimum absolute atomic E-state index is 0.839. The zero-order valence-electron chi connectivity index (χ0n) is 32.1. The summed E-state index contributed by atoms with van der Waals surface area (Å²) in [4.78, 5) is 9.13. The number of pyridine rings is 1. The molecule has 1 N–H and O–H groups in total. The molecule has 0 saturated heterocycles. The van der Waals surface area contributed by atoms with Crippen molar-refractivity contribution in [3.8, 4) is 0 Å². The van der Waals surface area contributed by atoms with Gasteiger partial charge in [0.2, 0.25) is 0 Å². The number of rotatable bonds is 25. The van der Waals surface area contributed by atoms with Crippen LogP contribution in [-0.4, -0.2) is 103 Å². The maximum atomic E-state index is 4.00. The first kappa shape index (κ1) is 42.1. The largest absolute Gasteiger partial charge is 0.375 e. The van der Waals surface area contributed by atoms with Crippen molar-refractivity contribution < 1.29 is 4.57 Å². The highest BCUT2D eigenvalue weighted by atomic mass is 33.1. The summed E-state index contributed by atoms with van der Waals surface area (Å²) >= 11 is 0. The van der Waals surface area contributed by atoms with Gasteiger partial charge < -0.3 is 24.9 Å². The molecule has 0 amide bonds. The number of anilines is 2. The van der Waals surface area contributed by atoms with E-state index in [1.165, 1.54) is 34.5 Å². The molecule has 0 atom stereocenters. The number of benzene rings is 2. The first-order valence-electron chi connectivity index (χ1n) is 18.3. The van der Waals surface area contributed by atoms with Gasteiger partial charge in [-0.05, 0) is 107 Å². The second-order valence-corrected chi connectivity index (χ2v) is 16.2. The Balaban J connectivity index is 1.25. The van der Waals surface area contributed by atoms with Gasteiger partial charge in [-0.25, -0.2) is 4.57 Å². The highest BCUT2D eigenvalue weighted by molar-refractivity contribution is 8.76. The Morgan fingerprint density at radius 2 is 1.27 bits per heavy atom. The molecule has 8 heteroatoms. The zero-order chi connectivity index (χ0) is 36.7. The van der Waals surface area contributed by atoms with Gasteiger partial charge in [-0.15, -0.1) is 0 Å². The van der Waals surface area contributed by atoms with Gasteiger partial charge in [0.25, 0.3) is 0 Å². The molecular formula is C43H63N6S2+. The number of aromatic nitrogens is 1. The molecule has 1 aromatic heterocycles. The van der Waals surface area contributed by atoms with Crippen molar-refractivity contribution in [3.63, 3.8) is 0 Å². The van der Waals surface area contributed by atoms with Gasteiger partial charge in [-0.2, -0.15) is 0 Å². The average molecular weight is 728 g/mol. The van der Waals surface area contributed by atoms with Gasteiger partial charge in [0, 0.05) is 69.5 Å². The van der Waals surface area contributed by atoms with Crippen molar-refractivity contribution in [2.75, 3.05) is 103 Å². The first-order chi connectivity index (χ1) is 24.7. The molecule has 0 aliphatic carbocycles. The third-order valence-electron chi connectivity index (χ3n) is 8.55. The third kappa shape index (κ3) is 18.2. The van der Waals surface area contributed by atoms with Crippen LogP contribution in [0.5, 0.6) is 0 Å². The predicted octanol–water partition coefficient (Wildman–Crippen LogP) is 7.80. The topological polar surface area (TPSA) is 28.9 Å². The second-order valence-electron chi connectivity index (χ2n) is 13.5. The van der Waals surface area contributed by atoms with Gasteiger partial charge in [0.15, 0.2) is 18.9 Å². The number of allylic oxidation sites excluding steroid dienone is 4. The molecule has 0 aliphatic rings. The maximum Gasteiger partial charge on any atom is 0.169 e. The van der Waals surface area contributed by atoms with E-state index >= 15 is 0 Å². The minimum atomic E-state index is 0.839. The molecule has 51 heavy (non-hydrogen) atoms. The lowest BCUT2D eigenvalue weighted by Gasteiger charge is -2.20. The van der Waals surface area contributed by atoms with Crippen molar-refractivity contribution in [2.45, 2.75) is 25.8 Å². The summed E-state index contributed by atoms with van der Waals surface area (Å²) in [5.41, 5.74) is 7.45. The van der Waals surface area contributed by atoms with Crippen LogP contribution in [0.1, 0.15) is 29.5 Å². The highest BCUT2D eigenvalue weighted by Crippen LogP contribution is 2.20. The Morgan fingerprint density at radius 1 is 0.706 bits per heavy atom. The van der Waals surface area contributed by atoms with Crippen LogP contribution in [0.2, 0.25) is 0 Å². The molecule has 0 bridgehead atoms. The van der Waals surface area contributed by atoms with E-state index < -0.39 is 0 Å². The quantitative estimate of drug-likeness (QED) is 0.0413. The summed E-state index contributed by atoms with van der Waals surface area (Å²) in [7, 11) is 16.7. The fourth-order valence-corrected chi connectivity index (χ4v) is 7.30. The Labute approximate surface area is 318 Å². The molecule has 0 unspecified atom stereocenters. The van der Waals surface area contributed by atoms with E-state index in [9.17, 15) is 0 Å². The van der Waals surface area contributed by atoms with Crippen LogP contribution < -0.4 is 19.7 Å². The van der Waals surface area contributed by atoms with E-state index in [0.29, 0.717) is 0 Å². The fraction of sp³-hybridized carbons (Fsp3) is 0.419. The summed E-state index contributed by atoms with van der Waals surface area (Å²) in [6, 6.07) is 22.1. The molecular weight excluding hydrogens is 665 g/mol. The van der Waals surface area contributed by atoms with E-state index in [1.54, 1.807) is 0 Å². The van der Waals surface area contributed by atoms with Gasteiger partial charge in [-0.3, -0.25) is 0 Å². The number of hydrogen-bond donors (Lipinski definition) is 1. The molecule has 0 radical (unpaired) electrons. The van der Waals surface area contributed by atoms with Crippen molar-refractivity contribution in [2.24, 2.45) is 0 Å². The van der Waals surface area contributed by atoms with Gasteiger partial charge in [-0.1, -0.05) is 88.9 Å². The lowest BCUT2D eigenvalue weighted by molar-refractivity contribution is -0.692. The molecule has 0 spiro atoms. The lowest BCUT2D eigenvalue weighted by Crippen LogP contribution is -2.33. The molecule has 3 aromatic rings. The van der Waals surface area contributed by atoms with Crippen LogP contribution >= 0.6 is 21.6 Å². The van der Waals surface area contributed by atoms with E-state index in [2.05, 4.69) is 182 Å². The second kappa shape index (κ2) is 24.8. The van der Waals surface area contributed by atoms with E-state index in [0.717, 1.165) is 75.7 Å². The van der Waals surface area contributed by atoms with Crippen LogP contribution in [-0.2, 0) is 13.0 Å². The Kier molecular flexibility index (Phi) is 20.5. The van der Waals surface area contributed by atoms with Crippen molar-refractivity contribution in [1.29, 1.82) is 0 Å². The van der Waals surface area contributed by atoms with E-state index in [1.807, 2.05) is 27.7 Å². The monoisotopic (exact) mass is 727 g/mol. The van der Waals surface area contributed by atoms with Crippen LogP contribution in [0.3, 0.4) is 0 Å². The summed E-state index contributed by atoms with van der Waals surface area (Å²) < 4.78 is 2.27. The van der Waals surface area contributed by atoms with Gasteiger partial charge >= 0.3 is 0 Å². The van der Waals surface area contributed by atoms with Crippen molar-refractivity contribution in [3.05, 3.63) is 126 Å². The molecule has 0 aliphatic heterocycles. The van der Waals surface area contributed by atoms with Gasteiger partial charge in [0.05, 0.1) is 5.75 Å². The van der Waals surface area contributed by atoms with Crippen LogP contribution in [0.4, 0.5) is 11.4 Å². The summed E-state index contributed by atoms with van der Waals surface area (Å²) in [5, 5.41) is 3.53. The zero-order valence-corrected chi connectivity index (χ0v) is 33.8. The van der Waals surface area contributed by atoms with Crippen LogP contribution in [0, 0.1) is 0 Å². The smallest absolute Gasteiger partial charge is 0.169 e. The lowest BCUT2D eigenvalue weighted by atomic mass is 10.1. The number of nitrogens with zero attached hydrogens (tertiary/aromatic N) is 5. The fourth-order valence-electron chi connectivity index (χ4n) is 5.37. The standard InChI is InChI=1S/C43H63N6S2/c1-8-38(14-15-41-18-22-43(23-19-41)48(7)32-11-30-46(4)5)24-27-44-28-36-50-51-37-35-49-33-25-40(26-34-49)13-9-12-39-16-20-42(21-17-39)47(6)31-10-29-45(2)3/h8-9,13-26,33-34,44H,1,10-12,27-32,35-37H2,2-7H3/q+1/b13-9+,15-14+,38-24+. The van der Waals surface area contributed by atoms with E-state index in [4.69, 9.17) is 0 Å². The molecule has 2 aromatic carbocycles. The molecule has 0 fully saturated rings. The van der Waals surface area contributed by atoms with Gasteiger partial charge in [0.1, 0.15) is 0 Å². The summed E-state index contributed by atoms with van der Waals surface area (Å²) in [5.74, 6) is 2.17. The molecule has 3 rings (SSSR count). The minimum Gasteiger partial charge on any atom is -0.375 e. The third-order valence-corrected chi connectivity index (χ3v) is 10.9. The predicted molar refractivity (Wildman–Crippen MR) is 230 cm³/mol. The van der Waals surface area contributed by atoms with E-state index in [-0.39, 0.29) is 0 Å². The first-order valence-corrected chi connectivity index (χ1v) is 20.7. The normalized spacial score (nSPS) is 12.1. The van der Waals surface area contributed by atoms with Crippen LogP contribution in [0.15, 0.2) is 110 Å². The number of nitrogens with one attached hydrogen (secondary N) is 1. The number of aryl methyl sites for hydroxylation is 1. The van der Waals surface area contributed by atoms with Crippen molar-refractivity contribution in [1.82, 2.24) is 15.1 Å². The summed E-state index contributed by atoms with van der Waals surface area (Å²) in [6.07, 6.45) is 20.6. The number of hydrogen-bond acceptors (Lipinski definition) is 7. The molecule has 0 saturated carbocycles. The Hall–Kier alpha value is -3.27. The highest BCUT2D eigenvalue weighted by Gasteiger charge is 2.04. The molecule has 6 nitrogen and oxygen atoms in total.